The van der Waals surface area contributed by atoms with Crippen LogP contribution in [-0.4, -0.2) is 35.6 Å². The molecule has 5 nitrogen and oxygen atoms in total. The first-order chi connectivity index (χ1) is 7.81. The molecule has 0 aromatic carbocycles. The molecule has 16 heavy (non-hydrogen) atoms. The number of fused-ring (bicyclic) bond motifs is 1. The van der Waals surface area contributed by atoms with Gasteiger partial charge in [-0.05, 0) is 13.3 Å². The Balaban J connectivity index is 1.82. The van der Waals surface area contributed by atoms with E-state index in [-0.39, 0.29) is 5.79 Å². The van der Waals surface area contributed by atoms with Gasteiger partial charge in [0.05, 0.1) is 25.1 Å². The minimum absolute atomic E-state index is 0.382. The van der Waals surface area contributed by atoms with E-state index >= 15 is 0 Å². The maximum Gasteiger partial charge on any atom is 0.172 e. The van der Waals surface area contributed by atoms with Gasteiger partial charge >= 0.3 is 0 Å². The molecular formula is C11H16N2O3. The van der Waals surface area contributed by atoms with E-state index in [1.165, 1.54) is 5.56 Å². The Bertz CT molecular complexity index is 383. The second kappa shape index (κ2) is 3.75. The number of rotatable bonds is 2. The summed E-state index contributed by atoms with van der Waals surface area (Å²) in [6.45, 7) is 3.98. The molecule has 0 amide bonds. The van der Waals surface area contributed by atoms with Crippen LogP contribution >= 0.6 is 0 Å². The Morgan fingerprint density at radius 1 is 1.50 bits per heavy atom. The molecule has 0 radical (unpaired) electrons. The maximum atomic E-state index is 5.71. The third kappa shape index (κ3) is 1.60. The van der Waals surface area contributed by atoms with Crippen LogP contribution in [0, 0.1) is 0 Å². The van der Waals surface area contributed by atoms with E-state index in [9.17, 15) is 0 Å². The van der Waals surface area contributed by atoms with Gasteiger partial charge in [0.25, 0.3) is 0 Å². The van der Waals surface area contributed by atoms with Gasteiger partial charge in [-0.2, -0.15) is 0 Å². The van der Waals surface area contributed by atoms with Crippen molar-refractivity contribution in [1.29, 1.82) is 0 Å². The van der Waals surface area contributed by atoms with E-state index in [1.807, 2.05) is 13.1 Å². The van der Waals surface area contributed by atoms with Gasteiger partial charge in [0, 0.05) is 18.4 Å². The monoisotopic (exact) mass is 224 g/mol. The second-order valence-electron chi connectivity index (χ2n) is 4.21. The Morgan fingerprint density at radius 2 is 2.31 bits per heavy atom. The lowest BCUT2D eigenvalue weighted by molar-refractivity contribution is -0.163. The average Bonchev–Trinajstić information content (AvgIpc) is 2.86. The number of aromatic nitrogens is 2. The number of ether oxygens (including phenoxy) is 2. The molecule has 0 bridgehead atoms. The highest BCUT2D eigenvalue weighted by Gasteiger charge is 2.40. The molecule has 1 aromatic heterocycles. The largest absolute Gasteiger partial charge is 0.397 e. The fourth-order valence-electron chi connectivity index (χ4n) is 2.41. The van der Waals surface area contributed by atoms with Crippen LogP contribution in [0.1, 0.15) is 24.6 Å². The Labute approximate surface area is 94.2 Å². The van der Waals surface area contributed by atoms with E-state index in [0.29, 0.717) is 19.8 Å². The molecular weight excluding hydrogens is 208 g/mol. The normalized spacial score (nSPS) is 22.3. The van der Waals surface area contributed by atoms with Gasteiger partial charge < -0.3 is 14.3 Å². The van der Waals surface area contributed by atoms with Crippen LogP contribution < -0.4 is 4.84 Å². The zero-order valence-electron chi connectivity index (χ0n) is 9.44. The highest BCUT2D eigenvalue weighted by Crippen LogP contribution is 2.34. The lowest BCUT2D eigenvalue weighted by Crippen LogP contribution is -2.36. The summed E-state index contributed by atoms with van der Waals surface area (Å²) < 4.78 is 11.4. The molecule has 1 spiro atoms. The summed E-state index contributed by atoms with van der Waals surface area (Å²) in [6, 6.07) is 0. The molecule has 2 aliphatic rings. The first kappa shape index (κ1) is 10.1. The lowest BCUT2D eigenvalue weighted by atomic mass is 9.92. The van der Waals surface area contributed by atoms with E-state index in [0.717, 1.165) is 25.0 Å². The standard InChI is InChI=1S/C11H16N2O3/c1-2-16-13-8-9-7-11(14-5-6-15-11)4-3-10(9)12-13/h8H,2-7H2,1H3. The third-order valence-corrected chi connectivity index (χ3v) is 3.13. The summed E-state index contributed by atoms with van der Waals surface area (Å²) in [5.41, 5.74) is 2.29. The van der Waals surface area contributed by atoms with Gasteiger partial charge in [0.2, 0.25) is 0 Å². The number of nitrogens with zero attached hydrogens (tertiary/aromatic N) is 2. The topological polar surface area (TPSA) is 45.5 Å². The third-order valence-electron chi connectivity index (χ3n) is 3.13. The molecule has 1 aliphatic carbocycles. The van der Waals surface area contributed by atoms with Crippen LogP contribution in [0.15, 0.2) is 6.20 Å². The molecule has 88 valence electrons. The smallest absolute Gasteiger partial charge is 0.172 e. The minimum atomic E-state index is -0.382. The van der Waals surface area contributed by atoms with Gasteiger partial charge in [-0.1, -0.05) is 0 Å². The predicted octanol–water partition coefficient (Wildman–Crippen LogP) is 0.563. The van der Waals surface area contributed by atoms with Crippen LogP contribution in [-0.2, 0) is 22.3 Å². The van der Waals surface area contributed by atoms with E-state index < -0.39 is 0 Å². The quantitative estimate of drug-likeness (QED) is 0.736. The van der Waals surface area contributed by atoms with Crippen molar-refractivity contribution in [3.63, 3.8) is 0 Å². The lowest BCUT2D eigenvalue weighted by Gasteiger charge is -2.30. The Kier molecular flexibility index (Phi) is 2.37. The highest BCUT2D eigenvalue weighted by molar-refractivity contribution is 5.22. The van der Waals surface area contributed by atoms with Crippen molar-refractivity contribution in [2.24, 2.45) is 0 Å². The average molecular weight is 224 g/mol. The first-order valence-corrected chi connectivity index (χ1v) is 5.80. The van der Waals surface area contributed by atoms with Crippen LogP contribution in [0.2, 0.25) is 0 Å². The van der Waals surface area contributed by atoms with Gasteiger partial charge in [0.15, 0.2) is 5.79 Å². The maximum absolute atomic E-state index is 5.71. The number of hydrogen-bond donors (Lipinski definition) is 0. The fourth-order valence-corrected chi connectivity index (χ4v) is 2.41. The van der Waals surface area contributed by atoms with Crippen LogP contribution in [0.5, 0.6) is 0 Å². The van der Waals surface area contributed by atoms with Gasteiger partial charge in [-0.3, -0.25) is 0 Å². The summed E-state index contributed by atoms with van der Waals surface area (Å²) in [4.78, 5) is 6.89. The molecule has 1 aliphatic heterocycles. The molecule has 0 unspecified atom stereocenters. The SMILES string of the molecule is CCOn1cc2c(n1)CCC1(C2)OCCO1. The molecule has 2 heterocycles. The molecule has 1 fully saturated rings. The summed E-state index contributed by atoms with van der Waals surface area (Å²) in [5.74, 6) is -0.382. The summed E-state index contributed by atoms with van der Waals surface area (Å²) in [6.07, 6.45) is 4.51. The Morgan fingerprint density at radius 3 is 3.06 bits per heavy atom. The summed E-state index contributed by atoms with van der Waals surface area (Å²) >= 11 is 0. The molecule has 0 N–H and O–H groups in total. The molecule has 5 heteroatoms. The first-order valence-electron chi connectivity index (χ1n) is 5.80. The molecule has 1 aromatic rings. The van der Waals surface area contributed by atoms with Crippen molar-refractivity contribution in [1.82, 2.24) is 9.94 Å². The van der Waals surface area contributed by atoms with Gasteiger partial charge in [-0.25, -0.2) is 0 Å². The minimum Gasteiger partial charge on any atom is -0.397 e. The molecule has 3 rings (SSSR count). The van der Waals surface area contributed by atoms with Crippen LogP contribution in [0.25, 0.3) is 0 Å². The number of aryl methyl sites for hydroxylation is 1. The zero-order valence-corrected chi connectivity index (χ0v) is 9.44. The van der Waals surface area contributed by atoms with Crippen molar-refractivity contribution in [3.05, 3.63) is 17.5 Å². The van der Waals surface area contributed by atoms with E-state index in [4.69, 9.17) is 14.3 Å². The predicted molar refractivity (Wildman–Crippen MR) is 56.0 cm³/mol. The van der Waals surface area contributed by atoms with Crippen molar-refractivity contribution in [3.8, 4) is 0 Å². The van der Waals surface area contributed by atoms with Crippen molar-refractivity contribution >= 4 is 0 Å². The molecule has 1 saturated heterocycles. The summed E-state index contributed by atoms with van der Waals surface area (Å²) in [7, 11) is 0. The fraction of sp³-hybridized carbons (Fsp3) is 0.727. The van der Waals surface area contributed by atoms with Gasteiger partial charge in [0.1, 0.15) is 6.61 Å². The zero-order chi connectivity index (χ0) is 11.0. The van der Waals surface area contributed by atoms with E-state index in [2.05, 4.69) is 5.10 Å². The van der Waals surface area contributed by atoms with Crippen molar-refractivity contribution in [2.45, 2.75) is 32.0 Å². The van der Waals surface area contributed by atoms with Gasteiger partial charge in [-0.15, -0.1) is 9.94 Å². The molecule has 0 atom stereocenters. The summed E-state index contributed by atoms with van der Waals surface area (Å²) in [5, 5.41) is 4.38. The van der Waals surface area contributed by atoms with E-state index in [1.54, 1.807) is 4.85 Å². The Hall–Kier alpha value is -1.07. The van der Waals surface area contributed by atoms with Crippen molar-refractivity contribution < 1.29 is 14.3 Å². The van der Waals surface area contributed by atoms with Crippen molar-refractivity contribution in [2.75, 3.05) is 19.8 Å². The highest BCUT2D eigenvalue weighted by atomic mass is 16.7. The number of hydrogen-bond acceptors (Lipinski definition) is 4. The van der Waals surface area contributed by atoms with Crippen LogP contribution in [0.4, 0.5) is 0 Å². The molecule has 0 saturated carbocycles. The second-order valence-corrected chi connectivity index (χ2v) is 4.21. The van der Waals surface area contributed by atoms with Crippen LogP contribution in [0.3, 0.4) is 0 Å².